The number of aliphatic hydroxyl groups is 1. The molecule has 0 unspecified atom stereocenters. The van der Waals surface area contributed by atoms with Gasteiger partial charge in [0.2, 0.25) is 0 Å². The molecule has 8 nitrogen and oxygen atoms in total. The number of halogens is 1. The first kappa shape index (κ1) is 29.5. The third-order valence-electron chi connectivity index (χ3n) is 7.44. The molecule has 2 heterocycles. The first-order chi connectivity index (χ1) is 20.1. The number of hydrogen-bond donors (Lipinski definition) is 2. The average Bonchev–Trinajstić information content (AvgIpc) is 2.98. The standard InChI is InChI=1S/C32H39ClN2O6/c1-3-38-29-12-10-25(18-26(29)33)41-24-8-6-23(7-9-24)32-28(36)19-34-20-31(32)40-21-22-5-11-30-27(17-22)35(14-16-39-30)13-4-15-37-2/h5-12,17-18,28,31-32,34,36H,3-4,13-16,19-21H2,1-2H3/t28-,31+,32+/m1/s1. The van der Waals surface area contributed by atoms with E-state index in [1.165, 1.54) is 0 Å². The maximum atomic E-state index is 11.0. The van der Waals surface area contributed by atoms with Crippen LogP contribution in [0.2, 0.25) is 5.02 Å². The molecule has 1 fully saturated rings. The minimum Gasteiger partial charge on any atom is -0.492 e. The molecule has 3 atom stereocenters. The molecule has 1 saturated heterocycles. The summed E-state index contributed by atoms with van der Waals surface area (Å²) in [6.45, 7) is 7.26. The molecule has 0 bridgehead atoms. The molecule has 3 aromatic carbocycles. The average molecular weight is 583 g/mol. The number of fused-ring (bicyclic) bond motifs is 1. The number of anilines is 1. The van der Waals surface area contributed by atoms with Crippen LogP contribution in [0.3, 0.4) is 0 Å². The van der Waals surface area contributed by atoms with Gasteiger partial charge < -0.3 is 39.0 Å². The van der Waals surface area contributed by atoms with E-state index in [0.717, 1.165) is 48.7 Å². The molecule has 0 amide bonds. The Morgan fingerprint density at radius 2 is 1.88 bits per heavy atom. The molecular weight excluding hydrogens is 544 g/mol. The second-order valence-electron chi connectivity index (χ2n) is 10.3. The Morgan fingerprint density at radius 1 is 1.05 bits per heavy atom. The number of hydrogen-bond acceptors (Lipinski definition) is 8. The van der Waals surface area contributed by atoms with Gasteiger partial charge in [0.05, 0.1) is 42.7 Å². The van der Waals surface area contributed by atoms with Crippen molar-refractivity contribution in [2.24, 2.45) is 0 Å². The number of nitrogens with zero attached hydrogens (tertiary/aromatic N) is 1. The van der Waals surface area contributed by atoms with Crippen molar-refractivity contribution in [1.82, 2.24) is 5.32 Å². The molecule has 2 aliphatic rings. The highest BCUT2D eigenvalue weighted by atomic mass is 35.5. The number of nitrogens with one attached hydrogen (secondary N) is 1. The summed E-state index contributed by atoms with van der Waals surface area (Å²) in [6, 6.07) is 19.4. The molecule has 5 rings (SSSR count). The van der Waals surface area contributed by atoms with Gasteiger partial charge in [0, 0.05) is 45.3 Å². The van der Waals surface area contributed by atoms with Crippen LogP contribution in [-0.2, 0) is 16.1 Å². The molecule has 2 N–H and O–H groups in total. The summed E-state index contributed by atoms with van der Waals surface area (Å²) < 4.78 is 29.1. The summed E-state index contributed by atoms with van der Waals surface area (Å²) in [6.07, 6.45) is 0.195. The van der Waals surface area contributed by atoms with E-state index < -0.39 is 6.10 Å². The van der Waals surface area contributed by atoms with Crippen LogP contribution in [0.4, 0.5) is 5.69 Å². The van der Waals surface area contributed by atoms with Gasteiger partial charge in [-0.05, 0) is 60.9 Å². The SMILES string of the molecule is CCOc1ccc(Oc2ccc([C@H]3[C@H](O)CNC[C@@H]3OCc3ccc4c(c3)N(CCCOC)CCO4)cc2)cc1Cl. The highest BCUT2D eigenvalue weighted by molar-refractivity contribution is 6.32. The molecule has 0 aliphatic carbocycles. The number of rotatable bonds is 12. The fourth-order valence-corrected chi connectivity index (χ4v) is 5.65. The fraction of sp³-hybridized carbons (Fsp3) is 0.438. The van der Waals surface area contributed by atoms with E-state index in [1.54, 1.807) is 19.2 Å². The second kappa shape index (κ2) is 14.2. The number of benzene rings is 3. The molecule has 0 aromatic heterocycles. The second-order valence-corrected chi connectivity index (χ2v) is 10.7. The lowest BCUT2D eigenvalue weighted by Gasteiger charge is -2.36. The molecule has 3 aromatic rings. The van der Waals surface area contributed by atoms with E-state index in [4.69, 9.17) is 35.3 Å². The fourth-order valence-electron chi connectivity index (χ4n) is 5.43. The van der Waals surface area contributed by atoms with Gasteiger partial charge in [-0.3, -0.25) is 0 Å². The Bertz CT molecular complexity index is 1270. The highest BCUT2D eigenvalue weighted by Crippen LogP contribution is 2.35. The summed E-state index contributed by atoms with van der Waals surface area (Å²) in [7, 11) is 1.73. The van der Waals surface area contributed by atoms with Crippen LogP contribution in [0.1, 0.15) is 30.4 Å². The predicted molar refractivity (Wildman–Crippen MR) is 160 cm³/mol. The van der Waals surface area contributed by atoms with Crippen LogP contribution in [0.25, 0.3) is 0 Å². The maximum Gasteiger partial charge on any atom is 0.142 e. The summed E-state index contributed by atoms with van der Waals surface area (Å²) in [5.74, 6) is 2.67. The number of aliphatic hydroxyl groups excluding tert-OH is 1. The third-order valence-corrected chi connectivity index (χ3v) is 7.74. The van der Waals surface area contributed by atoms with E-state index >= 15 is 0 Å². The lowest BCUT2D eigenvalue weighted by atomic mass is 9.85. The van der Waals surface area contributed by atoms with Crippen molar-refractivity contribution < 1.29 is 28.8 Å². The molecule has 0 saturated carbocycles. The third kappa shape index (κ3) is 7.45. The van der Waals surface area contributed by atoms with Crippen molar-refractivity contribution >= 4 is 17.3 Å². The Morgan fingerprint density at radius 3 is 2.66 bits per heavy atom. The van der Waals surface area contributed by atoms with Crippen molar-refractivity contribution in [2.45, 2.75) is 38.1 Å². The van der Waals surface area contributed by atoms with Crippen LogP contribution < -0.4 is 24.4 Å². The first-order valence-corrected chi connectivity index (χ1v) is 14.6. The van der Waals surface area contributed by atoms with Gasteiger partial charge in [-0.25, -0.2) is 0 Å². The summed E-state index contributed by atoms with van der Waals surface area (Å²) in [5.41, 5.74) is 3.17. The van der Waals surface area contributed by atoms with Crippen molar-refractivity contribution in [3.63, 3.8) is 0 Å². The molecular formula is C32H39ClN2O6. The van der Waals surface area contributed by atoms with E-state index in [-0.39, 0.29) is 12.0 Å². The van der Waals surface area contributed by atoms with Gasteiger partial charge in [0.25, 0.3) is 0 Å². The number of methoxy groups -OCH3 is 1. The van der Waals surface area contributed by atoms with Crippen molar-refractivity contribution in [2.75, 3.05) is 58.0 Å². The van der Waals surface area contributed by atoms with Crippen LogP contribution in [-0.4, -0.2) is 70.4 Å². The Balaban J connectivity index is 1.24. The van der Waals surface area contributed by atoms with Gasteiger partial charge in [0.15, 0.2) is 0 Å². The summed E-state index contributed by atoms with van der Waals surface area (Å²) in [4.78, 5) is 2.35. The normalized spacial score (nSPS) is 20.3. The van der Waals surface area contributed by atoms with Crippen molar-refractivity contribution in [1.29, 1.82) is 0 Å². The predicted octanol–water partition coefficient (Wildman–Crippen LogP) is 5.40. The highest BCUT2D eigenvalue weighted by Gasteiger charge is 2.34. The maximum absolute atomic E-state index is 11.0. The monoisotopic (exact) mass is 582 g/mol. The van der Waals surface area contributed by atoms with Gasteiger partial charge in [-0.15, -0.1) is 0 Å². The first-order valence-electron chi connectivity index (χ1n) is 14.3. The zero-order valence-electron chi connectivity index (χ0n) is 23.7. The minimum absolute atomic E-state index is 0.170. The largest absolute Gasteiger partial charge is 0.492 e. The van der Waals surface area contributed by atoms with E-state index in [2.05, 4.69) is 22.3 Å². The molecule has 9 heteroatoms. The topological polar surface area (TPSA) is 81.7 Å². The Hall–Kier alpha value is -3.01. The molecule has 0 spiro atoms. The molecule has 2 aliphatic heterocycles. The zero-order valence-corrected chi connectivity index (χ0v) is 24.4. The molecule has 0 radical (unpaired) electrons. The van der Waals surface area contributed by atoms with Gasteiger partial charge in [-0.1, -0.05) is 29.8 Å². The van der Waals surface area contributed by atoms with Crippen LogP contribution >= 0.6 is 11.6 Å². The number of ether oxygens (including phenoxy) is 5. The molecule has 220 valence electrons. The summed E-state index contributed by atoms with van der Waals surface area (Å²) >= 11 is 6.31. The van der Waals surface area contributed by atoms with Gasteiger partial charge in [-0.2, -0.15) is 0 Å². The van der Waals surface area contributed by atoms with E-state index in [0.29, 0.717) is 55.2 Å². The van der Waals surface area contributed by atoms with Gasteiger partial charge >= 0.3 is 0 Å². The zero-order chi connectivity index (χ0) is 28.6. The Labute approximate surface area is 247 Å². The smallest absolute Gasteiger partial charge is 0.142 e. The lowest BCUT2D eigenvalue weighted by Crippen LogP contribution is -2.49. The quantitative estimate of drug-likeness (QED) is 0.275. The van der Waals surface area contributed by atoms with Crippen LogP contribution in [0.5, 0.6) is 23.0 Å². The lowest BCUT2D eigenvalue weighted by molar-refractivity contribution is -0.0328. The summed E-state index contributed by atoms with van der Waals surface area (Å²) in [5, 5.41) is 14.8. The van der Waals surface area contributed by atoms with E-state index in [9.17, 15) is 5.11 Å². The van der Waals surface area contributed by atoms with Gasteiger partial charge in [0.1, 0.15) is 29.6 Å². The minimum atomic E-state index is -0.571. The van der Waals surface area contributed by atoms with Crippen LogP contribution in [0, 0.1) is 0 Å². The van der Waals surface area contributed by atoms with Crippen molar-refractivity contribution in [3.05, 3.63) is 76.8 Å². The number of piperidine rings is 1. The van der Waals surface area contributed by atoms with Crippen molar-refractivity contribution in [3.8, 4) is 23.0 Å². The Kier molecular flexibility index (Phi) is 10.2. The number of β-amino-alcohol motifs (C(OH)–C–C–N with tert-alkyl or cyclic N) is 1. The molecule has 41 heavy (non-hydrogen) atoms. The van der Waals surface area contributed by atoms with Crippen LogP contribution in [0.15, 0.2) is 60.7 Å². The van der Waals surface area contributed by atoms with E-state index in [1.807, 2.05) is 43.3 Å².